The van der Waals surface area contributed by atoms with Crippen molar-refractivity contribution in [2.45, 2.75) is 26.7 Å². The quantitative estimate of drug-likeness (QED) is 0.374. The van der Waals surface area contributed by atoms with Crippen molar-refractivity contribution < 1.29 is 19.0 Å². The molecule has 0 aliphatic rings. The van der Waals surface area contributed by atoms with Crippen molar-refractivity contribution in [3.05, 3.63) is 41.4 Å². The van der Waals surface area contributed by atoms with E-state index in [1.54, 1.807) is 19.1 Å². The molecule has 0 spiro atoms. The summed E-state index contributed by atoms with van der Waals surface area (Å²) >= 11 is 0. The molecule has 0 saturated heterocycles. The van der Waals surface area contributed by atoms with Crippen LogP contribution in [-0.4, -0.2) is 23.9 Å². The van der Waals surface area contributed by atoms with Gasteiger partial charge in [-0.25, -0.2) is 9.18 Å². The third-order valence-electron chi connectivity index (χ3n) is 2.48. The van der Waals surface area contributed by atoms with Crippen LogP contribution >= 0.6 is 0 Å². The highest BCUT2D eigenvalue weighted by atomic mass is 19.1. The number of benzene rings is 1. The van der Waals surface area contributed by atoms with Gasteiger partial charge in [-0.2, -0.15) is 0 Å². The van der Waals surface area contributed by atoms with Crippen molar-refractivity contribution >= 4 is 17.9 Å². The Morgan fingerprint density at radius 2 is 2.10 bits per heavy atom. The van der Waals surface area contributed by atoms with Gasteiger partial charge in [-0.1, -0.05) is 19.1 Å². The highest BCUT2D eigenvalue weighted by Crippen LogP contribution is 2.17. The maximum absolute atomic E-state index is 13.4. The van der Waals surface area contributed by atoms with Crippen LogP contribution < -0.4 is 0 Å². The average molecular weight is 279 g/mol. The lowest BCUT2D eigenvalue weighted by molar-refractivity contribution is -0.138. The van der Waals surface area contributed by atoms with Crippen molar-refractivity contribution in [2.24, 2.45) is 4.99 Å². The van der Waals surface area contributed by atoms with Crippen molar-refractivity contribution in [1.82, 2.24) is 0 Å². The predicted octanol–water partition coefficient (Wildman–Crippen LogP) is 3.70. The van der Waals surface area contributed by atoms with Crippen LogP contribution in [-0.2, 0) is 9.53 Å². The summed E-state index contributed by atoms with van der Waals surface area (Å²) in [4.78, 5) is 15.6. The molecule has 20 heavy (non-hydrogen) atoms. The predicted molar refractivity (Wildman–Crippen MR) is 75.7 cm³/mol. The number of carbonyl (C=O) groups excluding carboxylic acids is 1. The molecule has 5 heteroatoms. The number of hydrogen-bond acceptors (Lipinski definition) is 4. The second-order valence-electron chi connectivity index (χ2n) is 4.04. The van der Waals surface area contributed by atoms with Gasteiger partial charge < -0.3 is 9.84 Å². The largest absolute Gasteiger partial charge is 0.511 e. The Balaban J connectivity index is 3.04. The summed E-state index contributed by atoms with van der Waals surface area (Å²) in [6.45, 7) is 3.72. The van der Waals surface area contributed by atoms with Crippen molar-refractivity contribution in [2.75, 3.05) is 6.61 Å². The van der Waals surface area contributed by atoms with Crippen LogP contribution in [0.1, 0.15) is 26.7 Å². The van der Waals surface area contributed by atoms with E-state index in [0.717, 1.165) is 6.21 Å². The fourth-order valence-electron chi connectivity index (χ4n) is 1.52. The number of halogens is 1. The molecule has 1 rings (SSSR count). The Morgan fingerprint density at radius 1 is 1.40 bits per heavy atom. The summed E-state index contributed by atoms with van der Waals surface area (Å²) in [6.07, 6.45) is 2.14. The van der Waals surface area contributed by atoms with Crippen LogP contribution in [0.3, 0.4) is 0 Å². The number of hydrogen-bond donors (Lipinski definition) is 1. The SMILES string of the molecule is CCCC(O)=C(C=Nc1ccccc1F)C(=O)OCC. The van der Waals surface area contributed by atoms with Crippen molar-refractivity contribution in [3.8, 4) is 0 Å². The molecule has 0 amide bonds. The number of aliphatic imine (C=N–C) groups is 1. The number of aliphatic hydroxyl groups excluding tert-OH is 1. The summed E-state index contributed by atoms with van der Waals surface area (Å²) in [5.74, 6) is -1.27. The zero-order chi connectivity index (χ0) is 15.0. The molecular formula is C15H18FNO3. The summed E-state index contributed by atoms with van der Waals surface area (Å²) in [5.41, 5.74) is 0.0514. The minimum absolute atomic E-state index is 0.0445. The number of para-hydroxylation sites is 1. The average Bonchev–Trinajstić information content (AvgIpc) is 2.41. The Kier molecular flexibility index (Phi) is 6.43. The van der Waals surface area contributed by atoms with Gasteiger partial charge in [-0.05, 0) is 25.5 Å². The van der Waals surface area contributed by atoms with E-state index < -0.39 is 11.8 Å². The maximum atomic E-state index is 13.4. The molecule has 0 saturated carbocycles. The molecule has 1 aromatic carbocycles. The monoisotopic (exact) mass is 279 g/mol. The first kappa shape index (κ1) is 15.9. The minimum Gasteiger partial charge on any atom is -0.511 e. The normalized spacial score (nSPS) is 12.3. The zero-order valence-corrected chi connectivity index (χ0v) is 11.6. The van der Waals surface area contributed by atoms with Gasteiger partial charge in [0, 0.05) is 12.6 Å². The van der Waals surface area contributed by atoms with E-state index in [1.807, 2.05) is 6.92 Å². The fourth-order valence-corrected chi connectivity index (χ4v) is 1.52. The second kappa shape index (κ2) is 8.09. The lowest BCUT2D eigenvalue weighted by atomic mass is 10.1. The lowest BCUT2D eigenvalue weighted by Crippen LogP contribution is -2.11. The standard InChI is InChI=1S/C15H18FNO3/c1-3-7-14(18)11(15(19)20-4-2)10-17-13-9-6-5-8-12(13)16/h5-6,8-10,18H,3-4,7H2,1-2H3. The van der Waals surface area contributed by atoms with Crippen LogP contribution in [0.5, 0.6) is 0 Å². The lowest BCUT2D eigenvalue weighted by Gasteiger charge is -2.05. The van der Waals surface area contributed by atoms with Gasteiger partial charge in [0.1, 0.15) is 17.1 Å². The van der Waals surface area contributed by atoms with E-state index in [1.165, 1.54) is 12.1 Å². The number of ether oxygens (including phenoxy) is 1. The van der Waals surface area contributed by atoms with Crippen LogP contribution in [0.25, 0.3) is 0 Å². The highest BCUT2D eigenvalue weighted by Gasteiger charge is 2.14. The molecule has 0 radical (unpaired) electrons. The van der Waals surface area contributed by atoms with E-state index in [4.69, 9.17) is 4.74 Å². The van der Waals surface area contributed by atoms with Gasteiger partial charge in [0.2, 0.25) is 0 Å². The number of rotatable bonds is 6. The van der Waals surface area contributed by atoms with Crippen LogP contribution in [0.15, 0.2) is 40.6 Å². The number of aliphatic hydroxyl groups is 1. The van der Waals surface area contributed by atoms with E-state index in [9.17, 15) is 14.3 Å². The molecule has 1 N–H and O–H groups in total. The number of nitrogens with zero attached hydrogens (tertiary/aromatic N) is 1. The molecule has 0 fully saturated rings. The van der Waals surface area contributed by atoms with Gasteiger partial charge in [0.25, 0.3) is 0 Å². The number of allylic oxidation sites excluding steroid dienone is 1. The Bertz CT molecular complexity index is 524. The zero-order valence-electron chi connectivity index (χ0n) is 11.6. The summed E-state index contributed by atoms with van der Waals surface area (Å²) < 4.78 is 18.3. The van der Waals surface area contributed by atoms with E-state index >= 15 is 0 Å². The summed E-state index contributed by atoms with van der Waals surface area (Å²) in [7, 11) is 0. The maximum Gasteiger partial charge on any atom is 0.343 e. The molecule has 0 aromatic heterocycles. The van der Waals surface area contributed by atoms with Gasteiger partial charge in [-0.15, -0.1) is 0 Å². The van der Waals surface area contributed by atoms with Crippen LogP contribution in [0.2, 0.25) is 0 Å². The molecular weight excluding hydrogens is 261 g/mol. The molecule has 0 aliphatic heterocycles. The molecule has 4 nitrogen and oxygen atoms in total. The Hall–Kier alpha value is -2.17. The summed E-state index contributed by atoms with van der Waals surface area (Å²) in [5, 5.41) is 9.85. The van der Waals surface area contributed by atoms with E-state index in [-0.39, 0.29) is 23.6 Å². The van der Waals surface area contributed by atoms with Gasteiger partial charge in [0.05, 0.1) is 12.3 Å². The highest BCUT2D eigenvalue weighted by molar-refractivity contribution is 6.10. The Labute approximate surface area is 117 Å². The molecule has 0 bridgehead atoms. The molecule has 0 heterocycles. The van der Waals surface area contributed by atoms with Gasteiger partial charge >= 0.3 is 5.97 Å². The minimum atomic E-state index is -0.668. The molecule has 1 aromatic rings. The fraction of sp³-hybridized carbons (Fsp3) is 0.333. The smallest absolute Gasteiger partial charge is 0.343 e. The number of esters is 1. The molecule has 0 unspecified atom stereocenters. The molecule has 108 valence electrons. The van der Waals surface area contributed by atoms with E-state index in [2.05, 4.69) is 4.99 Å². The van der Waals surface area contributed by atoms with Crippen LogP contribution in [0, 0.1) is 5.82 Å². The van der Waals surface area contributed by atoms with Crippen LogP contribution in [0.4, 0.5) is 10.1 Å². The van der Waals surface area contributed by atoms with Gasteiger partial charge in [-0.3, -0.25) is 4.99 Å². The Morgan fingerprint density at radius 3 is 2.70 bits per heavy atom. The third kappa shape index (κ3) is 4.50. The van der Waals surface area contributed by atoms with Gasteiger partial charge in [0.15, 0.2) is 0 Å². The van der Waals surface area contributed by atoms with Crippen molar-refractivity contribution in [3.63, 3.8) is 0 Å². The molecule has 0 aliphatic carbocycles. The topological polar surface area (TPSA) is 58.9 Å². The first-order chi connectivity index (χ1) is 9.60. The second-order valence-corrected chi connectivity index (χ2v) is 4.04. The summed E-state index contributed by atoms with van der Waals surface area (Å²) in [6, 6.07) is 5.93. The first-order valence-electron chi connectivity index (χ1n) is 6.48. The molecule has 0 atom stereocenters. The number of carbonyl (C=O) groups is 1. The van der Waals surface area contributed by atoms with Crippen molar-refractivity contribution in [1.29, 1.82) is 0 Å². The third-order valence-corrected chi connectivity index (χ3v) is 2.48. The van der Waals surface area contributed by atoms with E-state index in [0.29, 0.717) is 12.8 Å². The first-order valence-corrected chi connectivity index (χ1v) is 6.48.